The van der Waals surface area contributed by atoms with Crippen LogP contribution in [0.5, 0.6) is 0 Å². The molecule has 0 radical (unpaired) electrons. The van der Waals surface area contributed by atoms with Crippen LogP contribution in [-0.2, 0) is 0 Å². The average molecular weight is 314 g/mol. The van der Waals surface area contributed by atoms with Crippen molar-refractivity contribution < 1.29 is 5.21 Å². The van der Waals surface area contributed by atoms with Gasteiger partial charge in [0.05, 0.1) is 5.71 Å². The van der Waals surface area contributed by atoms with Gasteiger partial charge in [0.25, 0.3) is 0 Å². The first kappa shape index (κ1) is 18.9. The topological polar surface area (TPSA) is 32.6 Å². The van der Waals surface area contributed by atoms with Crippen LogP contribution in [0.4, 0.5) is 0 Å². The molecule has 0 amide bonds. The molecule has 1 N–H and O–H groups in total. The van der Waals surface area contributed by atoms with E-state index in [1.165, 1.54) is 89.2 Å². The van der Waals surface area contributed by atoms with Gasteiger partial charge in [0.1, 0.15) is 0 Å². The molecule has 0 bridgehead atoms. The van der Waals surface area contributed by atoms with Gasteiger partial charge in [0, 0.05) is 5.25 Å². The van der Waals surface area contributed by atoms with Gasteiger partial charge in [-0.15, -0.1) is 0 Å². The van der Waals surface area contributed by atoms with Gasteiger partial charge in [0.15, 0.2) is 0 Å². The highest BCUT2D eigenvalue weighted by Gasteiger charge is 2.18. The van der Waals surface area contributed by atoms with Crippen LogP contribution in [0.3, 0.4) is 0 Å². The summed E-state index contributed by atoms with van der Waals surface area (Å²) >= 11 is 2.03. The van der Waals surface area contributed by atoms with Crippen LogP contribution in [0.1, 0.15) is 96.8 Å². The summed E-state index contributed by atoms with van der Waals surface area (Å²) in [4.78, 5) is 0. The first-order valence-corrected chi connectivity index (χ1v) is 10.3. The normalized spacial score (nSPS) is 22.1. The fraction of sp³-hybridized carbons (Fsp3) is 0.944. The highest BCUT2D eigenvalue weighted by molar-refractivity contribution is 8.00. The van der Waals surface area contributed by atoms with E-state index in [-0.39, 0.29) is 0 Å². The number of hydrogen-bond acceptors (Lipinski definition) is 3. The molecule has 2 nitrogen and oxygen atoms in total. The van der Waals surface area contributed by atoms with E-state index in [1.54, 1.807) is 0 Å². The van der Waals surface area contributed by atoms with E-state index < -0.39 is 0 Å². The number of hydrogen-bond donors (Lipinski definition) is 1. The lowest BCUT2D eigenvalue weighted by Crippen LogP contribution is -2.19. The molecule has 124 valence electrons. The molecule has 3 heteroatoms. The highest BCUT2D eigenvalue weighted by Crippen LogP contribution is 2.26. The Morgan fingerprint density at radius 3 is 2.33 bits per heavy atom. The molecular formula is C18H35NOS. The fourth-order valence-corrected chi connectivity index (χ4v) is 4.42. The largest absolute Gasteiger partial charge is 0.411 e. The van der Waals surface area contributed by atoms with Gasteiger partial charge in [0.2, 0.25) is 0 Å². The zero-order chi connectivity index (χ0) is 15.2. The Labute approximate surface area is 136 Å². The van der Waals surface area contributed by atoms with E-state index in [2.05, 4.69) is 12.1 Å². The molecule has 0 heterocycles. The highest BCUT2D eigenvalue weighted by atomic mass is 32.2. The van der Waals surface area contributed by atoms with Gasteiger partial charge in [-0.1, -0.05) is 76.3 Å². The summed E-state index contributed by atoms with van der Waals surface area (Å²) in [5.74, 6) is 1.23. The summed E-state index contributed by atoms with van der Waals surface area (Å²) in [6.07, 6.45) is 18.5. The van der Waals surface area contributed by atoms with Gasteiger partial charge >= 0.3 is 0 Å². The van der Waals surface area contributed by atoms with Crippen LogP contribution in [0, 0.1) is 0 Å². The number of thioether (sulfide) groups is 1. The Bertz CT molecular complexity index is 268. The standard InChI is InChI=1S/C18H35NOS/c1-2-3-4-5-6-7-10-13-16-21-18-15-12-9-8-11-14-17(18)19-20/h18,20H,2-16H2,1H3/b19-17+. The first-order valence-electron chi connectivity index (χ1n) is 9.21. The summed E-state index contributed by atoms with van der Waals surface area (Å²) in [6.45, 7) is 2.27. The molecule has 0 aromatic carbocycles. The molecular weight excluding hydrogens is 278 g/mol. The number of oxime groups is 1. The third kappa shape index (κ3) is 9.44. The second-order valence-corrected chi connectivity index (χ2v) is 7.69. The van der Waals surface area contributed by atoms with Crippen molar-refractivity contribution in [1.29, 1.82) is 0 Å². The predicted octanol–water partition coefficient (Wildman–Crippen LogP) is 6.41. The van der Waals surface area contributed by atoms with Crippen LogP contribution >= 0.6 is 11.8 Å². The predicted molar refractivity (Wildman–Crippen MR) is 95.8 cm³/mol. The summed E-state index contributed by atoms with van der Waals surface area (Å²) in [5, 5.41) is 13.3. The Kier molecular flexibility index (Phi) is 12.1. The van der Waals surface area contributed by atoms with Crippen molar-refractivity contribution in [2.45, 2.75) is 102 Å². The van der Waals surface area contributed by atoms with E-state index >= 15 is 0 Å². The molecule has 0 spiro atoms. The molecule has 21 heavy (non-hydrogen) atoms. The quantitative estimate of drug-likeness (QED) is 0.287. The Morgan fingerprint density at radius 2 is 1.62 bits per heavy atom. The van der Waals surface area contributed by atoms with E-state index in [4.69, 9.17) is 0 Å². The summed E-state index contributed by atoms with van der Waals surface area (Å²) in [6, 6.07) is 0. The Hall–Kier alpha value is -0.180. The van der Waals surface area contributed by atoms with Gasteiger partial charge in [-0.25, -0.2) is 0 Å². The van der Waals surface area contributed by atoms with Gasteiger partial charge in [-0.05, 0) is 31.4 Å². The minimum Gasteiger partial charge on any atom is -0.411 e. The van der Waals surface area contributed by atoms with Crippen LogP contribution in [0.15, 0.2) is 5.16 Å². The number of nitrogens with zero attached hydrogens (tertiary/aromatic N) is 1. The van der Waals surface area contributed by atoms with Gasteiger partial charge < -0.3 is 5.21 Å². The van der Waals surface area contributed by atoms with Crippen molar-refractivity contribution in [3.8, 4) is 0 Å². The van der Waals surface area contributed by atoms with Crippen molar-refractivity contribution in [2.24, 2.45) is 5.16 Å². The fourth-order valence-electron chi connectivity index (χ4n) is 3.07. The Balaban J connectivity index is 2.04. The van der Waals surface area contributed by atoms with Crippen LogP contribution in [-0.4, -0.2) is 21.9 Å². The van der Waals surface area contributed by atoms with Crippen molar-refractivity contribution in [1.82, 2.24) is 0 Å². The Morgan fingerprint density at radius 1 is 0.952 bits per heavy atom. The van der Waals surface area contributed by atoms with Crippen LogP contribution in [0.25, 0.3) is 0 Å². The van der Waals surface area contributed by atoms with Crippen LogP contribution < -0.4 is 0 Å². The van der Waals surface area contributed by atoms with E-state index in [0.717, 1.165) is 12.1 Å². The van der Waals surface area contributed by atoms with Crippen molar-refractivity contribution in [3.05, 3.63) is 0 Å². The zero-order valence-electron chi connectivity index (χ0n) is 14.0. The van der Waals surface area contributed by atoms with E-state index in [9.17, 15) is 5.21 Å². The molecule has 1 aliphatic carbocycles. The van der Waals surface area contributed by atoms with E-state index in [1.807, 2.05) is 11.8 Å². The number of rotatable bonds is 10. The molecule has 0 saturated heterocycles. The second kappa shape index (κ2) is 13.5. The minimum absolute atomic E-state index is 0.486. The molecule has 1 fully saturated rings. The van der Waals surface area contributed by atoms with Crippen molar-refractivity contribution in [3.63, 3.8) is 0 Å². The summed E-state index contributed by atoms with van der Waals surface area (Å²) < 4.78 is 0. The summed E-state index contributed by atoms with van der Waals surface area (Å²) in [5.41, 5.74) is 1.05. The first-order chi connectivity index (χ1) is 10.4. The minimum atomic E-state index is 0.486. The molecule has 0 aromatic heterocycles. The lowest BCUT2D eigenvalue weighted by Gasteiger charge is -2.20. The summed E-state index contributed by atoms with van der Waals surface area (Å²) in [7, 11) is 0. The monoisotopic (exact) mass is 313 g/mol. The lowest BCUT2D eigenvalue weighted by atomic mass is 9.99. The second-order valence-electron chi connectivity index (χ2n) is 6.38. The molecule has 1 aliphatic rings. The zero-order valence-corrected chi connectivity index (χ0v) is 14.8. The third-order valence-electron chi connectivity index (χ3n) is 4.47. The molecule has 1 atom stereocenters. The lowest BCUT2D eigenvalue weighted by molar-refractivity contribution is 0.315. The van der Waals surface area contributed by atoms with Gasteiger partial charge in [-0.3, -0.25) is 0 Å². The van der Waals surface area contributed by atoms with Crippen LogP contribution in [0.2, 0.25) is 0 Å². The number of unbranched alkanes of at least 4 members (excludes halogenated alkanes) is 7. The van der Waals surface area contributed by atoms with Crippen molar-refractivity contribution >= 4 is 17.5 Å². The molecule has 1 rings (SSSR count). The molecule has 1 saturated carbocycles. The maximum absolute atomic E-state index is 9.20. The maximum Gasteiger partial charge on any atom is 0.0700 e. The molecule has 0 aliphatic heterocycles. The van der Waals surface area contributed by atoms with E-state index in [0.29, 0.717) is 5.25 Å². The molecule has 0 aromatic rings. The maximum atomic E-state index is 9.20. The molecule has 1 unspecified atom stereocenters. The smallest absolute Gasteiger partial charge is 0.0700 e. The third-order valence-corrected chi connectivity index (χ3v) is 5.90. The SMILES string of the molecule is CCCCCCCCCCSC1CCCCCC/C1=N\O. The average Bonchev–Trinajstić information content (AvgIpc) is 2.47. The van der Waals surface area contributed by atoms with Crippen molar-refractivity contribution in [2.75, 3.05) is 5.75 Å². The van der Waals surface area contributed by atoms with Gasteiger partial charge in [-0.2, -0.15) is 11.8 Å².